The number of halogens is 3. The molecule has 0 aliphatic carbocycles. The first-order valence-electron chi connectivity index (χ1n) is 8.83. The van der Waals surface area contributed by atoms with Gasteiger partial charge in [-0.3, -0.25) is 4.79 Å². The molecule has 1 amide bonds. The number of benzene rings is 2. The first-order valence-corrected chi connectivity index (χ1v) is 8.83. The van der Waals surface area contributed by atoms with Crippen LogP contribution in [0.3, 0.4) is 0 Å². The molecule has 1 aromatic heterocycles. The number of hydrazone groups is 1. The number of furan rings is 1. The molecule has 156 valence electrons. The molecule has 3 rings (SSSR count). The monoisotopic (exact) mass is 417 g/mol. The first kappa shape index (κ1) is 21.0. The number of carbonyl (C=O) groups excluding carboxylic acids is 1. The van der Waals surface area contributed by atoms with Crippen LogP contribution in [0.15, 0.2) is 70.2 Å². The van der Waals surface area contributed by atoms with Crippen LogP contribution in [0.1, 0.15) is 11.3 Å². The number of hydrogen-bond acceptors (Lipinski definition) is 5. The van der Waals surface area contributed by atoms with Crippen molar-refractivity contribution >= 4 is 17.8 Å². The van der Waals surface area contributed by atoms with Gasteiger partial charge in [0, 0.05) is 5.56 Å². The summed E-state index contributed by atoms with van der Waals surface area (Å²) in [5, 5.41) is 6.72. The van der Waals surface area contributed by atoms with E-state index in [4.69, 9.17) is 9.15 Å². The van der Waals surface area contributed by atoms with Gasteiger partial charge in [-0.15, -0.1) is 0 Å². The van der Waals surface area contributed by atoms with Crippen LogP contribution >= 0.6 is 0 Å². The second kappa shape index (κ2) is 9.17. The van der Waals surface area contributed by atoms with E-state index >= 15 is 0 Å². The van der Waals surface area contributed by atoms with Crippen molar-refractivity contribution in [2.45, 2.75) is 6.18 Å². The lowest BCUT2D eigenvalue weighted by molar-refractivity contribution is -0.137. The first-order chi connectivity index (χ1) is 14.4. The fourth-order valence-electron chi connectivity index (χ4n) is 2.60. The average molecular weight is 417 g/mol. The average Bonchev–Trinajstić information content (AvgIpc) is 3.21. The van der Waals surface area contributed by atoms with Crippen LogP contribution in [0.25, 0.3) is 11.3 Å². The molecule has 0 fully saturated rings. The number of para-hydroxylation sites is 2. The largest absolute Gasteiger partial charge is 0.495 e. The SMILES string of the molecule is COc1ccccc1NCC(=O)N/N=C/c1ccc(-c2cccc(C(F)(F)F)c2)o1. The van der Waals surface area contributed by atoms with Crippen molar-refractivity contribution in [3.8, 4) is 17.1 Å². The minimum Gasteiger partial charge on any atom is -0.495 e. The smallest absolute Gasteiger partial charge is 0.416 e. The molecule has 2 N–H and O–H groups in total. The molecule has 9 heteroatoms. The van der Waals surface area contributed by atoms with Crippen molar-refractivity contribution in [2.75, 3.05) is 19.0 Å². The van der Waals surface area contributed by atoms with Crippen LogP contribution in [-0.2, 0) is 11.0 Å². The van der Waals surface area contributed by atoms with E-state index in [2.05, 4.69) is 15.8 Å². The van der Waals surface area contributed by atoms with E-state index in [9.17, 15) is 18.0 Å². The third kappa shape index (κ3) is 5.40. The van der Waals surface area contributed by atoms with Crippen molar-refractivity contribution in [2.24, 2.45) is 5.10 Å². The van der Waals surface area contributed by atoms with E-state index in [1.165, 1.54) is 31.5 Å². The summed E-state index contributed by atoms with van der Waals surface area (Å²) in [6, 6.07) is 15.0. The number of alkyl halides is 3. The van der Waals surface area contributed by atoms with Gasteiger partial charge >= 0.3 is 6.18 Å². The lowest BCUT2D eigenvalue weighted by Gasteiger charge is -2.09. The molecule has 30 heavy (non-hydrogen) atoms. The van der Waals surface area contributed by atoms with Gasteiger partial charge in [0.2, 0.25) is 0 Å². The number of rotatable bonds is 7. The molecule has 0 aliphatic heterocycles. The van der Waals surface area contributed by atoms with Gasteiger partial charge in [0.15, 0.2) is 0 Å². The Morgan fingerprint density at radius 2 is 1.93 bits per heavy atom. The minimum absolute atomic E-state index is 0.0364. The van der Waals surface area contributed by atoms with E-state index in [1.807, 2.05) is 6.07 Å². The minimum atomic E-state index is -4.44. The molecule has 0 unspecified atom stereocenters. The van der Waals surface area contributed by atoms with Crippen molar-refractivity contribution < 1.29 is 27.1 Å². The van der Waals surface area contributed by atoms with Gasteiger partial charge < -0.3 is 14.5 Å². The number of nitrogens with zero attached hydrogens (tertiary/aromatic N) is 1. The Hall–Kier alpha value is -3.75. The maximum Gasteiger partial charge on any atom is 0.416 e. The summed E-state index contributed by atoms with van der Waals surface area (Å²) in [4.78, 5) is 11.9. The topological polar surface area (TPSA) is 75.9 Å². The van der Waals surface area contributed by atoms with E-state index in [0.717, 1.165) is 12.1 Å². The molecule has 2 aromatic carbocycles. The summed E-state index contributed by atoms with van der Waals surface area (Å²) in [5.41, 5.74) is 2.52. The summed E-state index contributed by atoms with van der Waals surface area (Å²) in [5.74, 6) is 0.737. The Kier molecular flexibility index (Phi) is 6.41. The lowest BCUT2D eigenvalue weighted by Crippen LogP contribution is -2.26. The fraction of sp³-hybridized carbons (Fsp3) is 0.143. The van der Waals surface area contributed by atoms with Crippen LogP contribution in [0, 0.1) is 0 Å². The molecule has 0 aliphatic rings. The molecule has 1 heterocycles. The summed E-state index contributed by atoms with van der Waals surface area (Å²) >= 11 is 0. The number of nitrogens with one attached hydrogen (secondary N) is 2. The Balaban J connectivity index is 1.56. The zero-order valence-electron chi connectivity index (χ0n) is 15.9. The third-order valence-corrected chi connectivity index (χ3v) is 4.03. The Morgan fingerprint density at radius 1 is 1.13 bits per heavy atom. The highest BCUT2D eigenvalue weighted by molar-refractivity contribution is 5.83. The summed E-state index contributed by atoms with van der Waals surface area (Å²) in [7, 11) is 1.53. The fourth-order valence-corrected chi connectivity index (χ4v) is 2.60. The highest BCUT2D eigenvalue weighted by Gasteiger charge is 2.30. The molecule has 6 nitrogen and oxygen atoms in total. The zero-order valence-corrected chi connectivity index (χ0v) is 15.9. The van der Waals surface area contributed by atoms with E-state index < -0.39 is 17.6 Å². The molecule has 0 bridgehead atoms. The highest BCUT2D eigenvalue weighted by atomic mass is 19.4. The van der Waals surface area contributed by atoms with Crippen LogP contribution in [-0.4, -0.2) is 25.8 Å². The molecule has 0 spiro atoms. The van der Waals surface area contributed by atoms with Gasteiger partial charge in [-0.25, -0.2) is 5.43 Å². The highest BCUT2D eigenvalue weighted by Crippen LogP contribution is 2.32. The number of ether oxygens (including phenoxy) is 1. The second-order valence-corrected chi connectivity index (χ2v) is 6.13. The van der Waals surface area contributed by atoms with Gasteiger partial charge in [0.05, 0.1) is 31.1 Å². The van der Waals surface area contributed by atoms with E-state index in [-0.39, 0.29) is 23.6 Å². The molecular weight excluding hydrogens is 399 g/mol. The summed E-state index contributed by atoms with van der Waals surface area (Å²) in [6.45, 7) is -0.0364. The number of carbonyl (C=O) groups is 1. The van der Waals surface area contributed by atoms with Gasteiger partial charge in [-0.05, 0) is 36.4 Å². The maximum absolute atomic E-state index is 12.8. The summed E-state index contributed by atoms with van der Waals surface area (Å²) < 4.78 is 49.2. The molecular formula is C21H18F3N3O3. The van der Waals surface area contributed by atoms with Gasteiger partial charge in [-0.2, -0.15) is 18.3 Å². The maximum atomic E-state index is 12.8. The van der Waals surface area contributed by atoms with Crippen molar-refractivity contribution in [1.29, 1.82) is 0 Å². The zero-order chi connectivity index (χ0) is 21.6. The normalized spacial score (nSPS) is 11.5. The number of methoxy groups -OCH3 is 1. The van der Waals surface area contributed by atoms with Crippen molar-refractivity contribution in [3.05, 3.63) is 72.0 Å². The molecule has 0 saturated heterocycles. The van der Waals surface area contributed by atoms with Crippen LogP contribution in [0.4, 0.5) is 18.9 Å². The molecule has 0 atom stereocenters. The van der Waals surface area contributed by atoms with Crippen LogP contribution < -0.4 is 15.5 Å². The third-order valence-electron chi connectivity index (χ3n) is 4.03. The number of hydrogen-bond donors (Lipinski definition) is 2. The molecule has 0 saturated carbocycles. The molecule has 3 aromatic rings. The van der Waals surface area contributed by atoms with E-state index in [1.54, 1.807) is 24.3 Å². The Morgan fingerprint density at radius 3 is 2.70 bits per heavy atom. The van der Waals surface area contributed by atoms with E-state index in [0.29, 0.717) is 11.4 Å². The van der Waals surface area contributed by atoms with Gasteiger partial charge in [-0.1, -0.05) is 24.3 Å². The van der Waals surface area contributed by atoms with Gasteiger partial charge in [0.25, 0.3) is 5.91 Å². The van der Waals surface area contributed by atoms with Gasteiger partial charge in [0.1, 0.15) is 17.3 Å². The quantitative estimate of drug-likeness (QED) is 0.437. The Labute approximate surface area is 170 Å². The molecule has 0 radical (unpaired) electrons. The van der Waals surface area contributed by atoms with Crippen molar-refractivity contribution in [1.82, 2.24) is 5.43 Å². The van der Waals surface area contributed by atoms with Crippen LogP contribution in [0.5, 0.6) is 5.75 Å². The second-order valence-electron chi connectivity index (χ2n) is 6.13. The van der Waals surface area contributed by atoms with Crippen molar-refractivity contribution in [3.63, 3.8) is 0 Å². The number of amides is 1. The predicted octanol–water partition coefficient (Wildman–Crippen LogP) is 4.54. The lowest BCUT2D eigenvalue weighted by atomic mass is 10.1. The summed E-state index contributed by atoms with van der Waals surface area (Å²) in [6.07, 6.45) is -3.17. The Bertz CT molecular complexity index is 1040. The predicted molar refractivity (Wildman–Crippen MR) is 106 cm³/mol. The number of anilines is 1. The standard InChI is InChI=1S/C21H18F3N3O3/c1-29-19-8-3-2-7-17(19)25-13-20(28)27-26-12-16-9-10-18(30-16)14-5-4-6-15(11-14)21(22,23)24/h2-12,25H,13H2,1H3,(H,27,28)/b26-12+. The van der Waals surface area contributed by atoms with Crippen LogP contribution in [0.2, 0.25) is 0 Å².